The summed E-state index contributed by atoms with van der Waals surface area (Å²) in [6, 6.07) is 7.85. The number of nitrogens with zero attached hydrogens (tertiary/aromatic N) is 2. The molecule has 26 heavy (non-hydrogen) atoms. The molecule has 3 rings (SSSR count). The molecule has 5 heteroatoms. The number of piperidine rings is 1. The second-order valence-electron chi connectivity index (χ2n) is 8.59. The molecule has 2 aliphatic rings. The average Bonchev–Trinajstić information content (AvgIpc) is 2.91. The Balaban J connectivity index is 1.75. The molecule has 0 aliphatic carbocycles. The summed E-state index contributed by atoms with van der Waals surface area (Å²) in [5.74, 6) is 0.692. The van der Waals surface area contributed by atoms with Gasteiger partial charge in [0.25, 0.3) is 0 Å². The molecular weight excluding hydrogens is 346 g/mol. The Kier molecular flexibility index (Phi) is 6.26. The SMILES string of the molecule is CC(C)CN(Cc1ccccc1Cl)C(=O)[C@H]1CC2(CCNCC2)CN1C. The van der Waals surface area contributed by atoms with Crippen molar-refractivity contribution in [2.45, 2.75) is 45.7 Å². The van der Waals surface area contributed by atoms with Gasteiger partial charge in [-0.3, -0.25) is 9.69 Å². The van der Waals surface area contributed by atoms with E-state index in [2.05, 4.69) is 31.1 Å². The Morgan fingerprint density at radius 3 is 2.69 bits per heavy atom. The third kappa shape index (κ3) is 4.41. The third-order valence-electron chi connectivity index (χ3n) is 5.91. The molecular formula is C21H32ClN3O. The molecule has 1 N–H and O–H groups in total. The molecule has 2 saturated heterocycles. The third-order valence-corrected chi connectivity index (χ3v) is 6.28. The average molecular weight is 378 g/mol. The monoisotopic (exact) mass is 377 g/mol. The predicted octanol–water partition coefficient (Wildman–Crippen LogP) is 3.40. The number of likely N-dealkylation sites (N-methyl/N-ethyl adjacent to an activating group) is 1. The van der Waals surface area contributed by atoms with Gasteiger partial charge in [0.2, 0.25) is 5.91 Å². The van der Waals surface area contributed by atoms with Crippen LogP contribution in [0.3, 0.4) is 0 Å². The summed E-state index contributed by atoms with van der Waals surface area (Å²) >= 11 is 6.36. The van der Waals surface area contributed by atoms with Crippen LogP contribution in [0, 0.1) is 11.3 Å². The lowest BCUT2D eigenvalue weighted by atomic mass is 9.77. The molecule has 0 aromatic heterocycles. The number of hydrogen-bond acceptors (Lipinski definition) is 3. The fourth-order valence-electron chi connectivity index (χ4n) is 4.58. The van der Waals surface area contributed by atoms with E-state index in [1.165, 1.54) is 12.8 Å². The molecule has 4 nitrogen and oxygen atoms in total. The zero-order valence-electron chi connectivity index (χ0n) is 16.3. The maximum absolute atomic E-state index is 13.5. The van der Waals surface area contributed by atoms with Gasteiger partial charge in [0, 0.05) is 24.7 Å². The highest BCUT2D eigenvalue weighted by molar-refractivity contribution is 6.31. The lowest BCUT2D eigenvalue weighted by molar-refractivity contribution is -0.136. The van der Waals surface area contributed by atoms with Crippen LogP contribution in [0.2, 0.25) is 5.02 Å². The molecule has 1 aromatic carbocycles. The van der Waals surface area contributed by atoms with E-state index in [4.69, 9.17) is 11.6 Å². The lowest BCUT2D eigenvalue weighted by Crippen LogP contribution is -2.45. The van der Waals surface area contributed by atoms with Gasteiger partial charge in [-0.1, -0.05) is 43.6 Å². The molecule has 0 unspecified atom stereocenters. The summed E-state index contributed by atoms with van der Waals surface area (Å²) in [6.07, 6.45) is 3.34. The first kappa shape index (κ1) is 19.7. The standard InChI is InChI=1S/C21H32ClN3O/c1-16(2)13-25(14-17-6-4-5-7-18(17)22)20(26)19-12-21(15-24(19)3)8-10-23-11-9-21/h4-7,16,19,23H,8-15H2,1-3H3/t19-/m1/s1. The van der Waals surface area contributed by atoms with E-state index in [0.717, 1.165) is 43.2 Å². The number of halogens is 1. The van der Waals surface area contributed by atoms with Crippen molar-refractivity contribution in [1.82, 2.24) is 15.1 Å². The van der Waals surface area contributed by atoms with Gasteiger partial charge in [-0.25, -0.2) is 0 Å². The van der Waals surface area contributed by atoms with E-state index in [1.54, 1.807) is 0 Å². The van der Waals surface area contributed by atoms with Crippen molar-refractivity contribution in [2.24, 2.45) is 11.3 Å². The molecule has 2 fully saturated rings. The number of nitrogens with one attached hydrogen (secondary N) is 1. The minimum Gasteiger partial charge on any atom is -0.337 e. The highest BCUT2D eigenvalue weighted by Crippen LogP contribution is 2.41. The number of rotatable bonds is 5. The Bertz CT molecular complexity index is 627. The van der Waals surface area contributed by atoms with Gasteiger partial charge in [-0.2, -0.15) is 0 Å². The fraction of sp³-hybridized carbons (Fsp3) is 0.667. The maximum atomic E-state index is 13.5. The van der Waals surface area contributed by atoms with Gasteiger partial charge < -0.3 is 10.2 Å². The highest BCUT2D eigenvalue weighted by atomic mass is 35.5. The number of hydrogen-bond donors (Lipinski definition) is 1. The normalized spacial score (nSPS) is 22.9. The molecule has 1 spiro atoms. The number of carbonyl (C=O) groups excluding carboxylic acids is 1. The van der Waals surface area contributed by atoms with Gasteiger partial charge in [-0.15, -0.1) is 0 Å². The van der Waals surface area contributed by atoms with E-state index in [9.17, 15) is 4.79 Å². The molecule has 2 heterocycles. The second kappa shape index (κ2) is 8.28. The molecule has 1 aromatic rings. The van der Waals surface area contributed by atoms with E-state index in [1.807, 2.05) is 29.2 Å². The Morgan fingerprint density at radius 2 is 2.04 bits per heavy atom. The fourth-order valence-corrected chi connectivity index (χ4v) is 4.78. The molecule has 1 amide bonds. The number of carbonyl (C=O) groups is 1. The van der Waals surface area contributed by atoms with Crippen LogP contribution in [0.25, 0.3) is 0 Å². The summed E-state index contributed by atoms with van der Waals surface area (Å²) in [7, 11) is 2.11. The van der Waals surface area contributed by atoms with Gasteiger partial charge in [-0.05, 0) is 62.4 Å². The van der Waals surface area contributed by atoms with Crippen molar-refractivity contribution >= 4 is 17.5 Å². The molecule has 0 radical (unpaired) electrons. The number of benzene rings is 1. The topological polar surface area (TPSA) is 35.6 Å². The lowest BCUT2D eigenvalue weighted by Gasteiger charge is -2.33. The minimum atomic E-state index is -0.00524. The van der Waals surface area contributed by atoms with Crippen LogP contribution in [0.5, 0.6) is 0 Å². The second-order valence-corrected chi connectivity index (χ2v) is 9.00. The zero-order chi connectivity index (χ0) is 18.7. The van der Waals surface area contributed by atoms with Crippen LogP contribution in [0.1, 0.15) is 38.7 Å². The maximum Gasteiger partial charge on any atom is 0.240 e. The molecule has 0 saturated carbocycles. The van der Waals surface area contributed by atoms with Gasteiger partial charge in [0.15, 0.2) is 0 Å². The van der Waals surface area contributed by atoms with Gasteiger partial charge >= 0.3 is 0 Å². The van der Waals surface area contributed by atoms with Crippen molar-refractivity contribution in [2.75, 3.05) is 33.2 Å². The van der Waals surface area contributed by atoms with Crippen LogP contribution in [-0.4, -0.2) is 55.0 Å². The van der Waals surface area contributed by atoms with Crippen LogP contribution < -0.4 is 5.32 Å². The zero-order valence-corrected chi connectivity index (χ0v) is 17.1. The Morgan fingerprint density at radius 1 is 1.35 bits per heavy atom. The van der Waals surface area contributed by atoms with Crippen LogP contribution >= 0.6 is 11.6 Å². The summed E-state index contributed by atoms with van der Waals surface area (Å²) < 4.78 is 0. The van der Waals surface area contributed by atoms with Crippen molar-refractivity contribution in [1.29, 1.82) is 0 Å². The van der Waals surface area contributed by atoms with E-state index in [0.29, 0.717) is 17.9 Å². The molecule has 144 valence electrons. The predicted molar refractivity (Wildman–Crippen MR) is 107 cm³/mol. The van der Waals surface area contributed by atoms with Crippen molar-refractivity contribution < 1.29 is 4.79 Å². The molecule has 2 aliphatic heterocycles. The smallest absolute Gasteiger partial charge is 0.240 e. The number of likely N-dealkylation sites (tertiary alicyclic amines) is 1. The molecule has 0 bridgehead atoms. The van der Waals surface area contributed by atoms with Crippen molar-refractivity contribution in [3.05, 3.63) is 34.9 Å². The summed E-state index contributed by atoms with van der Waals surface area (Å²) in [5, 5.41) is 4.19. The Hall–Kier alpha value is -1.10. The van der Waals surface area contributed by atoms with Crippen LogP contribution in [-0.2, 0) is 11.3 Å². The van der Waals surface area contributed by atoms with Crippen LogP contribution in [0.4, 0.5) is 0 Å². The quantitative estimate of drug-likeness (QED) is 0.854. The van der Waals surface area contributed by atoms with E-state index >= 15 is 0 Å². The number of amides is 1. The summed E-state index contributed by atoms with van der Waals surface area (Å²) in [5.41, 5.74) is 1.34. The van der Waals surface area contributed by atoms with Crippen LogP contribution in [0.15, 0.2) is 24.3 Å². The van der Waals surface area contributed by atoms with Crippen molar-refractivity contribution in [3.63, 3.8) is 0 Å². The molecule has 1 atom stereocenters. The first-order chi connectivity index (χ1) is 12.4. The van der Waals surface area contributed by atoms with Crippen molar-refractivity contribution in [3.8, 4) is 0 Å². The summed E-state index contributed by atoms with van der Waals surface area (Å²) in [6.45, 7) is 8.87. The van der Waals surface area contributed by atoms with E-state index < -0.39 is 0 Å². The first-order valence-electron chi connectivity index (χ1n) is 9.83. The summed E-state index contributed by atoms with van der Waals surface area (Å²) in [4.78, 5) is 17.8. The highest BCUT2D eigenvalue weighted by Gasteiger charge is 2.46. The van der Waals surface area contributed by atoms with Gasteiger partial charge in [0.1, 0.15) is 0 Å². The van der Waals surface area contributed by atoms with E-state index in [-0.39, 0.29) is 11.9 Å². The largest absolute Gasteiger partial charge is 0.337 e. The van der Waals surface area contributed by atoms with Gasteiger partial charge in [0.05, 0.1) is 6.04 Å². The minimum absolute atomic E-state index is 0.00524. The Labute approximate surface area is 162 Å². The first-order valence-corrected chi connectivity index (χ1v) is 10.2.